The van der Waals surface area contributed by atoms with Crippen LogP contribution in [0.3, 0.4) is 0 Å². The Morgan fingerprint density at radius 2 is 1.83 bits per heavy atom. The molecule has 196 valence electrons. The third-order valence-electron chi connectivity index (χ3n) is 9.57. The van der Waals surface area contributed by atoms with Gasteiger partial charge in [0.1, 0.15) is 0 Å². The third-order valence-corrected chi connectivity index (χ3v) is 9.57. The lowest BCUT2D eigenvalue weighted by molar-refractivity contribution is -0.124. The van der Waals surface area contributed by atoms with Gasteiger partial charge in [0.15, 0.2) is 0 Å². The van der Waals surface area contributed by atoms with Crippen molar-refractivity contribution in [3.8, 4) is 0 Å². The Labute approximate surface area is 215 Å². The molecule has 2 N–H and O–H groups in total. The second-order valence-corrected chi connectivity index (χ2v) is 12.9. The number of hydrogen-bond donors (Lipinski definition) is 2. The van der Waals surface area contributed by atoms with Gasteiger partial charge in [0, 0.05) is 17.9 Å². The lowest BCUT2D eigenvalue weighted by atomic mass is 9.61. The smallest absolute Gasteiger partial charge is 0.222 e. The fourth-order valence-corrected chi connectivity index (χ4v) is 6.76. The van der Waals surface area contributed by atoms with E-state index in [-0.39, 0.29) is 23.8 Å². The van der Waals surface area contributed by atoms with Crippen LogP contribution >= 0.6 is 0 Å². The summed E-state index contributed by atoms with van der Waals surface area (Å²) in [4.78, 5) is 12.2. The number of amides is 1. The molecule has 3 nitrogen and oxygen atoms in total. The molecular formula is C32H51NO2. The van der Waals surface area contributed by atoms with Gasteiger partial charge in [0.25, 0.3) is 0 Å². The van der Waals surface area contributed by atoms with Crippen molar-refractivity contribution in [1.82, 2.24) is 5.32 Å². The highest BCUT2D eigenvalue weighted by molar-refractivity contribution is 5.78. The molecule has 0 aromatic carbocycles. The van der Waals surface area contributed by atoms with Crippen molar-refractivity contribution in [3.63, 3.8) is 0 Å². The van der Waals surface area contributed by atoms with E-state index < -0.39 is 5.60 Å². The number of carbonyl (C=O) groups is 1. The maximum atomic E-state index is 12.2. The number of fused-ring (bicyclic) bond motifs is 1. The van der Waals surface area contributed by atoms with Gasteiger partial charge in [-0.25, -0.2) is 0 Å². The Morgan fingerprint density at radius 1 is 1.11 bits per heavy atom. The summed E-state index contributed by atoms with van der Waals surface area (Å²) in [5.41, 5.74) is 3.85. The summed E-state index contributed by atoms with van der Waals surface area (Å²) in [5.74, 6) is 2.21. The fraction of sp³-hybridized carbons (Fsp3) is 0.719. The van der Waals surface area contributed by atoms with Crippen molar-refractivity contribution in [1.29, 1.82) is 0 Å². The summed E-state index contributed by atoms with van der Waals surface area (Å²) in [7, 11) is 0. The number of rotatable bonds is 7. The molecule has 0 bridgehead atoms. The van der Waals surface area contributed by atoms with Crippen LogP contribution in [0.2, 0.25) is 0 Å². The van der Waals surface area contributed by atoms with Crippen molar-refractivity contribution in [2.75, 3.05) is 0 Å². The van der Waals surface area contributed by atoms with E-state index in [0.717, 1.165) is 19.3 Å². The molecule has 2 unspecified atom stereocenters. The molecule has 1 amide bonds. The Balaban J connectivity index is 1.72. The van der Waals surface area contributed by atoms with Gasteiger partial charge in [0.2, 0.25) is 5.91 Å². The third kappa shape index (κ3) is 6.59. The topological polar surface area (TPSA) is 49.3 Å². The van der Waals surface area contributed by atoms with E-state index in [0.29, 0.717) is 23.2 Å². The van der Waals surface area contributed by atoms with E-state index in [4.69, 9.17) is 0 Å². The van der Waals surface area contributed by atoms with Gasteiger partial charge in [-0.3, -0.25) is 4.79 Å². The first-order valence-electron chi connectivity index (χ1n) is 14.1. The van der Waals surface area contributed by atoms with Crippen molar-refractivity contribution in [2.24, 2.45) is 35.0 Å². The van der Waals surface area contributed by atoms with Crippen LogP contribution in [0.1, 0.15) is 99.8 Å². The molecule has 0 saturated heterocycles. The monoisotopic (exact) mass is 481 g/mol. The molecule has 35 heavy (non-hydrogen) atoms. The molecule has 6 atom stereocenters. The molecule has 3 saturated carbocycles. The molecule has 3 heteroatoms. The molecule has 0 aromatic rings. The van der Waals surface area contributed by atoms with Crippen LogP contribution in [0.5, 0.6) is 0 Å². The van der Waals surface area contributed by atoms with Crippen molar-refractivity contribution in [3.05, 3.63) is 47.6 Å². The summed E-state index contributed by atoms with van der Waals surface area (Å²) < 4.78 is 0. The van der Waals surface area contributed by atoms with Crippen LogP contribution in [-0.4, -0.2) is 22.7 Å². The average Bonchev–Trinajstić information content (AvgIpc) is 3.14. The van der Waals surface area contributed by atoms with E-state index in [1.54, 1.807) is 5.57 Å². The van der Waals surface area contributed by atoms with Gasteiger partial charge >= 0.3 is 0 Å². The van der Waals surface area contributed by atoms with Crippen molar-refractivity contribution < 1.29 is 9.90 Å². The van der Waals surface area contributed by atoms with Crippen LogP contribution in [0, 0.1) is 35.0 Å². The first-order valence-corrected chi connectivity index (χ1v) is 14.1. The zero-order valence-electron chi connectivity index (χ0n) is 23.5. The van der Waals surface area contributed by atoms with Crippen molar-refractivity contribution in [2.45, 2.75) is 111 Å². The molecule has 3 fully saturated rings. The lowest BCUT2D eigenvalue weighted by Crippen LogP contribution is -2.39. The number of allylic oxidation sites excluding steroid dienone is 5. The predicted molar refractivity (Wildman–Crippen MR) is 148 cm³/mol. The highest BCUT2D eigenvalue weighted by Gasteiger charge is 2.50. The quantitative estimate of drug-likeness (QED) is 0.369. The molecule has 0 aliphatic heterocycles. The molecule has 3 rings (SSSR count). The van der Waals surface area contributed by atoms with Gasteiger partial charge in [-0.15, -0.1) is 0 Å². The molecule has 0 spiro atoms. The normalized spacial score (nSPS) is 34.0. The van der Waals surface area contributed by atoms with Gasteiger partial charge in [-0.1, -0.05) is 76.6 Å². The van der Waals surface area contributed by atoms with Crippen LogP contribution in [0.4, 0.5) is 0 Å². The SMILES string of the molecule is C=C1CC[C@@H](NC(=O)C(C)C)C/C1=C/C=C1\CCC[C@@]2(C)C1CCC2[C@H](C)/C=C/[C@H](C)C(C)(C)O. The zero-order valence-corrected chi connectivity index (χ0v) is 23.5. The van der Waals surface area contributed by atoms with Crippen LogP contribution in [0.15, 0.2) is 47.6 Å². The van der Waals surface area contributed by atoms with Crippen LogP contribution in [0.25, 0.3) is 0 Å². The van der Waals surface area contributed by atoms with Crippen LogP contribution in [-0.2, 0) is 4.79 Å². The highest BCUT2D eigenvalue weighted by Crippen LogP contribution is 2.59. The number of nitrogens with one attached hydrogen (secondary N) is 1. The highest BCUT2D eigenvalue weighted by atomic mass is 16.3. The molecule has 0 radical (unpaired) electrons. The van der Waals surface area contributed by atoms with Gasteiger partial charge in [-0.05, 0) is 94.0 Å². The first-order chi connectivity index (χ1) is 16.3. The first kappa shape index (κ1) is 28.0. The minimum atomic E-state index is -0.674. The summed E-state index contributed by atoms with van der Waals surface area (Å²) in [6.07, 6.45) is 18.6. The molecule has 0 heterocycles. The van der Waals surface area contributed by atoms with Gasteiger partial charge < -0.3 is 10.4 Å². The zero-order chi connectivity index (χ0) is 26.0. The number of aliphatic hydroxyl groups is 1. The van der Waals surface area contributed by atoms with E-state index >= 15 is 0 Å². The lowest BCUT2D eigenvalue weighted by Gasteiger charge is -2.44. The molecule has 0 aromatic heterocycles. The summed E-state index contributed by atoms with van der Waals surface area (Å²) in [6, 6.07) is 0.228. The predicted octanol–water partition coefficient (Wildman–Crippen LogP) is 7.54. The Kier molecular flexibility index (Phi) is 8.95. The average molecular weight is 482 g/mol. The largest absolute Gasteiger partial charge is 0.390 e. The summed E-state index contributed by atoms with van der Waals surface area (Å²) >= 11 is 0. The second kappa shape index (κ2) is 11.2. The van der Waals surface area contributed by atoms with Crippen LogP contribution < -0.4 is 5.32 Å². The summed E-state index contributed by atoms with van der Waals surface area (Å²) in [6.45, 7) is 19.1. The number of hydrogen-bond acceptors (Lipinski definition) is 2. The van der Waals surface area contributed by atoms with Gasteiger partial charge in [-0.2, -0.15) is 0 Å². The standard InChI is InChI=1S/C32H51NO2/c1-21(2)30(34)33-27-16-12-22(3)26(20-27)15-14-25-10-9-19-32(8)28(17-18-29(25)32)23(4)11-13-24(5)31(6,7)35/h11,13-15,21,23-24,27-29,35H,3,9-10,12,16-20H2,1-2,4-8H3,(H,33,34)/b13-11+,25-14+,26-15-/t23-,24+,27-,28?,29?,32-/m1/s1. The summed E-state index contributed by atoms with van der Waals surface area (Å²) in [5, 5.41) is 13.5. The second-order valence-electron chi connectivity index (χ2n) is 12.9. The molecule has 3 aliphatic rings. The molecule has 3 aliphatic carbocycles. The Hall–Kier alpha value is -1.61. The maximum absolute atomic E-state index is 12.2. The molecular weight excluding hydrogens is 430 g/mol. The number of carbonyl (C=O) groups excluding carboxylic acids is 1. The van der Waals surface area contributed by atoms with E-state index in [9.17, 15) is 9.90 Å². The van der Waals surface area contributed by atoms with Crippen molar-refractivity contribution >= 4 is 5.91 Å². The van der Waals surface area contributed by atoms with E-state index in [1.807, 2.05) is 27.7 Å². The van der Waals surface area contributed by atoms with Gasteiger partial charge in [0.05, 0.1) is 5.60 Å². The Bertz CT molecular complexity index is 870. The minimum absolute atomic E-state index is 0.0282. The minimum Gasteiger partial charge on any atom is -0.390 e. The Morgan fingerprint density at radius 3 is 2.49 bits per heavy atom. The van der Waals surface area contributed by atoms with E-state index in [1.165, 1.54) is 43.3 Å². The maximum Gasteiger partial charge on any atom is 0.222 e. The fourth-order valence-electron chi connectivity index (χ4n) is 6.76. The van der Waals surface area contributed by atoms with E-state index in [2.05, 4.69) is 57.0 Å².